The number of hydrogen-bond donors (Lipinski definition) is 1. The third-order valence-corrected chi connectivity index (χ3v) is 5.32. The quantitative estimate of drug-likeness (QED) is 0.823. The summed E-state index contributed by atoms with van der Waals surface area (Å²) in [5, 5.41) is 10.0. The van der Waals surface area contributed by atoms with E-state index in [0.717, 1.165) is 12.8 Å². The van der Waals surface area contributed by atoms with Crippen molar-refractivity contribution in [3.05, 3.63) is 42.0 Å². The molecule has 1 unspecified atom stereocenters. The molecule has 0 aromatic heterocycles. The standard InChI is InChI=1S/C16H20OS/c17-15-9-5-4-6-13(15)12-16(10-11-16)18-14-7-2-1-3-8-14/h1-3,7-8,12,15,17H,4-6,9-11H2/b13-12+. The molecule has 2 fully saturated rings. The van der Waals surface area contributed by atoms with E-state index in [1.807, 2.05) is 11.8 Å². The van der Waals surface area contributed by atoms with Crippen molar-refractivity contribution < 1.29 is 5.11 Å². The number of aliphatic hydroxyl groups excluding tert-OH is 1. The van der Waals surface area contributed by atoms with Gasteiger partial charge in [0.1, 0.15) is 0 Å². The first-order valence-electron chi connectivity index (χ1n) is 6.91. The summed E-state index contributed by atoms with van der Waals surface area (Å²) in [5.74, 6) is 0. The molecule has 0 amide bonds. The Morgan fingerprint density at radius 3 is 2.61 bits per heavy atom. The van der Waals surface area contributed by atoms with E-state index in [4.69, 9.17) is 0 Å². The van der Waals surface area contributed by atoms with Crippen LogP contribution in [0, 0.1) is 0 Å². The van der Waals surface area contributed by atoms with Crippen molar-refractivity contribution >= 4 is 11.8 Å². The molecule has 0 aliphatic heterocycles. The molecule has 0 radical (unpaired) electrons. The van der Waals surface area contributed by atoms with Crippen molar-refractivity contribution in [2.75, 3.05) is 0 Å². The lowest BCUT2D eigenvalue weighted by atomic mass is 9.91. The number of rotatable bonds is 3. The van der Waals surface area contributed by atoms with Crippen LogP contribution in [0.5, 0.6) is 0 Å². The summed E-state index contributed by atoms with van der Waals surface area (Å²) in [4.78, 5) is 1.34. The fourth-order valence-corrected chi connectivity index (χ4v) is 3.93. The molecule has 0 heterocycles. The van der Waals surface area contributed by atoms with Gasteiger partial charge in [-0.3, -0.25) is 0 Å². The van der Waals surface area contributed by atoms with Crippen molar-refractivity contribution in [3.63, 3.8) is 0 Å². The highest BCUT2D eigenvalue weighted by molar-refractivity contribution is 8.01. The van der Waals surface area contributed by atoms with E-state index in [1.165, 1.54) is 36.2 Å². The first-order chi connectivity index (χ1) is 8.77. The normalized spacial score (nSPS) is 28.3. The second-order valence-electron chi connectivity index (χ2n) is 5.46. The molecule has 2 aliphatic carbocycles. The van der Waals surface area contributed by atoms with Gasteiger partial charge in [-0.25, -0.2) is 0 Å². The first-order valence-corrected chi connectivity index (χ1v) is 7.73. The summed E-state index contributed by atoms with van der Waals surface area (Å²) in [7, 11) is 0. The highest BCUT2D eigenvalue weighted by Gasteiger charge is 2.42. The van der Waals surface area contributed by atoms with E-state index in [2.05, 4.69) is 36.4 Å². The Bertz CT molecular complexity index is 434. The number of aliphatic hydroxyl groups is 1. The molecule has 1 N–H and O–H groups in total. The maximum Gasteiger partial charge on any atom is 0.0750 e. The third-order valence-electron chi connectivity index (χ3n) is 3.88. The van der Waals surface area contributed by atoms with Crippen molar-refractivity contribution in [3.8, 4) is 0 Å². The molecule has 3 rings (SSSR count). The van der Waals surface area contributed by atoms with E-state index in [-0.39, 0.29) is 10.9 Å². The summed E-state index contributed by atoms with van der Waals surface area (Å²) in [6.45, 7) is 0. The average molecular weight is 260 g/mol. The van der Waals surface area contributed by atoms with E-state index < -0.39 is 0 Å². The lowest BCUT2D eigenvalue weighted by Gasteiger charge is -2.22. The lowest BCUT2D eigenvalue weighted by molar-refractivity contribution is 0.178. The Hall–Kier alpha value is -0.730. The molecule has 1 atom stereocenters. The van der Waals surface area contributed by atoms with Gasteiger partial charge in [0.2, 0.25) is 0 Å². The van der Waals surface area contributed by atoms with Gasteiger partial charge in [0.15, 0.2) is 0 Å². The van der Waals surface area contributed by atoms with Gasteiger partial charge >= 0.3 is 0 Å². The van der Waals surface area contributed by atoms with Crippen LogP contribution in [-0.2, 0) is 0 Å². The molecule has 2 aliphatic rings. The van der Waals surface area contributed by atoms with Gasteiger partial charge in [-0.1, -0.05) is 30.7 Å². The van der Waals surface area contributed by atoms with Gasteiger partial charge in [-0.2, -0.15) is 0 Å². The van der Waals surface area contributed by atoms with Crippen LogP contribution in [0.2, 0.25) is 0 Å². The Kier molecular flexibility index (Phi) is 3.49. The zero-order chi connectivity index (χ0) is 12.4. The zero-order valence-electron chi connectivity index (χ0n) is 10.6. The molecular weight excluding hydrogens is 240 g/mol. The lowest BCUT2D eigenvalue weighted by Crippen LogP contribution is -2.17. The van der Waals surface area contributed by atoms with Gasteiger partial charge in [0, 0.05) is 9.64 Å². The van der Waals surface area contributed by atoms with Crippen LogP contribution in [0.25, 0.3) is 0 Å². The van der Waals surface area contributed by atoms with E-state index in [0.29, 0.717) is 0 Å². The topological polar surface area (TPSA) is 20.2 Å². The van der Waals surface area contributed by atoms with Crippen molar-refractivity contribution in [2.24, 2.45) is 0 Å². The van der Waals surface area contributed by atoms with Crippen LogP contribution in [0.1, 0.15) is 38.5 Å². The van der Waals surface area contributed by atoms with Crippen LogP contribution in [0.4, 0.5) is 0 Å². The van der Waals surface area contributed by atoms with E-state index in [1.54, 1.807) is 0 Å². The minimum Gasteiger partial charge on any atom is -0.389 e. The van der Waals surface area contributed by atoms with Crippen molar-refractivity contribution in [1.29, 1.82) is 0 Å². The van der Waals surface area contributed by atoms with Gasteiger partial charge in [-0.15, -0.1) is 11.8 Å². The van der Waals surface area contributed by atoms with E-state index >= 15 is 0 Å². The molecular formula is C16H20OS. The predicted octanol–water partition coefficient (Wildman–Crippen LogP) is 4.17. The molecule has 0 spiro atoms. The summed E-state index contributed by atoms with van der Waals surface area (Å²) < 4.78 is 0.287. The highest BCUT2D eigenvalue weighted by atomic mass is 32.2. The summed E-state index contributed by atoms with van der Waals surface area (Å²) >= 11 is 1.97. The molecule has 0 bridgehead atoms. The monoisotopic (exact) mass is 260 g/mol. The molecule has 1 aromatic carbocycles. The summed E-state index contributed by atoms with van der Waals surface area (Å²) in [6.07, 6.45) is 9.19. The molecule has 1 nitrogen and oxygen atoms in total. The number of benzene rings is 1. The van der Waals surface area contributed by atoms with Gasteiger partial charge in [-0.05, 0) is 49.8 Å². The highest BCUT2D eigenvalue weighted by Crippen LogP contribution is 2.54. The number of hydrogen-bond acceptors (Lipinski definition) is 2. The van der Waals surface area contributed by atoms with Gasteiger partial charge < -0.3 is 5.11 Å². The maximum absolute atomic E-state index is 10.0. The Morgan fingerprint density at radius 2 is 1.94 bits per heavy atom. The zero-order valence-corrected chi connectivity index (χ0v) is 11.5. The van der Waals surface area contributed by atoms with E-state index in [9.17, 15) is 5.11 Å². The number of thioether (sulfide) groups is 1. The van der Waals surface area contributed by atoms with Crippen LogP contribution in [0.3, 0.4) is 0 Å². The predicted molar refractivity (Wildman–Crippen MR) is 76.8 cm³/mol. The molecule has 2 saturated carbocycles. The maximum atomic E-state index is 10.0. The van der Waals surface area contributed by atoms with Crippen LogP contribution < -0.4 is 0 Å². The fraction of sp³-hybridized carbons (Fsp3) is 0.500. The smallest absolute Gasteiger partial charge is 0.0750 e. The van der Waals surface area contributed by atoms with Gasteiger partial charge in [0.25, 0.3) is 0 Å². The fourth-order valence-electron chi connectivity index (χ4n) is 2.65. The second kappa shape index (κ2) is 5.10. The van der Waals surface area contributed by atoms with Crippen molar-refractivity contribution in [1.82, 2.24) is 0 Å². The molecule has 2 heteroatoms. The van der Waals surface area contributed by atoms with Crippen molar-refractivity contribution in [2.45, 2.75) is 54.3 Å². The molecule has 18 heavy (non-hydrogen) atoms. The van der Waals surface area contributed by atoms with Crippen LogP contribution >= 0.6 is 11.8 Å². The van der Waals surface area contributed by atoms with Gasteiger partial charge in [0.05, 0.1) is 6.10 Å². The second-order valence-corrected chi connectivity index (χ2v) is 6.95. The van der Waals surface area contributed by atoms with Crippen LogP contribution in [-0.4, -0.2) is 16.0 Å². The minimum atomic E-state index is -0.174. The Balaban J connectivity index is 1.73. The minimum absolute atomic E-state index is 0.174. The summed E-state index contributed by atoms with van der Waals surface area (Å²) in [6, 6.07) is 10.6. The largest absolute Gasteiger partial charge is 0.389 e. The molecule has 96 valence electrons. The Morgan fingerprint density at radius 1 is 1.17 bits per heavy atom. The Labute approximate surface area is 113 Å². The summed E-state index contributed by atoms with van der Waals surface area (Å²) in [5.41, 5.74) is 1.29. The molecule has 0 saturated heterocycles. The average Bonchev–Trinajstić information content (AvgIpc) is 3.13. The third kappa shape index (κ3) is 2.81. The van der Waals surface area contributed by atoms with Crippen LogP contribution in [0.15, 0.2) is 46.9 Å². The SMILES string of the molecule is OC1CCCC/C1=C\C1(Sc2ccccc2)CC1. The molecule has 1 aromatic rings. The first kappa shape index (κ1) is 12.3.